The number of likely N-dealkylation sites (tertiary alicyclic amines) is 1. The second kappa shape index (κ2) is 7.00. The Balaban J connectivity index is 1.36. The van der Waals surface area contributed by atoms with Gasteiger partial charge in [-0.2, -0.15) is 10.2 Å². The summed E-state index contributed by atoms with van der Waals surface area (Å²) in [5.74, 6) is -5.18. The highest BCUT2D eigenvalue weighted by Crippen LogP contribution is 2.53. The maximum Gasteiger partial charge on any atom is 0.260 e. The van der Waals surface area contributed by atoms with Gasteiger partial charge in [0.2, 0.25) is 5.91 Å². The van der Waals surface area contributed by atoms with Crippen molar-refractivity contribution in [2.24, 2.45) is 24.1 Å². The van der Waals surface area contributed by atoms with E-state index in [0.29, 0.717) is 24.3 Å². The van der Waals surface area contributed by atoms with Crippen molar-refractivity contribution in [1.29, 1.82) is 0 Å². The lowest BCUT2D eigenvalue weighted by molar-refractivity contribution is -0.134. The first-order valence-electron chi connectivity index (χ1n) is 11.4. The molecule has 3 aromatic heterocycles. The number of hydrogen-bond acceptors (Lipinski definition) is 5. The van der Waals surface area contributed by atoms with Crippen LogP contribution < -0.4 is 11.1 Å². The maximum absolute atomic E-state index is 13.6. The van der Waals surface area contributed by atoms with Crippen molar-refractivity contribution in [3.63, 3.8) is 0 Å². The van der Waals surface area contributed by atoms with Gasteiger partial charge < -0.3 is 16.0 Å². The minimum absolute atomic E-state index is 0.182. The Morgan fingerprint density at radius 1 is 1.18 bits per heavy atom. The second-order valence-electron chi connectivity index (χ2n) is 9.91. The lowest BCUT2D eigenvalue weighted by Gasteiger charge is -2.43. The number of rotatable bonds is 5. The summed E-state index contributed by atoms with van der Waals surface area (Å²) in [6.45, 7) is 0.763. The number of primary amides is 1. The van der Waals surface area contributed by atoms with E-state index in [9.17, 15) is 18.4 Å². The van der Waals surface area contributed by atoms with Gasteiger partial charge in [0.1, 0.15) is 5.92 Å². The molecule has 9 nitrogen and oxygen atoms in total. The Hall–Kier alpha value is -3.50. The van der Waals surface area contributed by atoms with Crippen molar-refractivity contribution in [3.8, 4) is 11.1 Å². The molecular formula is C23H25F2N7O2. The highest BCUT2D eigenvalue weighted by molar-refractivity contribution is 6.02. The number of aromatic nitrogens is 4. The number of nitrogens with zero attached hydrogens (tertiary/aromatic N) is 5. The van der Waals surface area contributed by atoms with Gasteiger partial charge in [-0.1, -0.05) is 6.42 Å². The monoisotopic (exact) mass is 469 g/mol. The molecule has 6 rings (SSSR count). The molecule has 3 fully saturated rings. The molecule has 3 aliphatic rings. The average Bonchev–Trinajstić information content (AvgIpc) is 3.19. The molecule has 2 unspecified atom stereocenters. The summed E-state index contributed by atoms with van der Waals surface area (Å²) in [4.78, 5) is 26.6. The lowest BCUT2D eigenvalue weighted by atomic mass is 9.65. The van der Waals surface area contributed by atoms with Gasteiger partial charge in [0.05, 0.1) is 35.2 Å². The molecule has 3 aromatic rings. The Morgan fingerprint density at radius 3 is 2.53 bits per heavy atom. The lowest BCUT2D eigenvalue weighted by Crippen LogP contribution is -2.45. The van der Waals surface area contributed by atoms with Gasteiger partial charge in [-0.25, -0.2) is 13.3 Å². The Labute approximate surface area is 193 Å². The smallest absolute Gasteiger partial charge is 0.260 e. The third-order valence-electron chi connectivity index (χ3n) is 7.69. The fraction of sp³-hybridized carbons (Fsp3) is 0.478. The van der Waals surface area contributed by atoms with Crippen LogP contribution >= 0.6 is 0 Å². The molecular weight excluding hydrogens is 444 g/mol. The molecule has 1 aliphatic heterocycles. The first-order chi connectivity index (χ1) is 16.2. The highest BCUT2D eigenvalue weighted by atomic mass is 19.3. The molecule has 2 atom stereocenters. The fourth-order valence-electron chi connectivity index (χ4n) is 5.47. The summed E-state index contributed by atoms with van der Waals surface area (Å²) in [6.07, 6.45) is 9.34. The van der Waals surface area contributed by atoms with Crippen LogP contribution in [0, 0.1) is 11.3 Å². The Kier molecular flexibility index (Phi) is 4.34. The Bertz CT molecular complexity index is 1330. The van der Waals surface area contributed by atoms with Gasteiger partial charge in [-0.05, 0) is 18.9 Å². The largest absolute Gasteiger partial charge is 0.377 e. The molecule has 2 aliphatic carbocycles. The minimum Gasteiger partial charge on any atom is -0.377 e. The number of hydrogen-bond donors (Lipinski definition) is 2. The van der Waals surface area contributed by atoms with Crippen molar-refractivity contribution in [3.05, 3.63) is 36.4 Å². The van der Waals surface area contributed by atoms with Crippen molar-refractivity contribution in [2.45, 2.75) is 37.6 Å². The van der Waals surface area contributed by atoms with E-state index in [4.69, 9.17) is 5.73 Å². The molecule has 2 saturated carbocycles. The quantitative estimate of drug-likeness (QED) is 0.596. The summed E-state index contributed by atoms with van der Waals surface area (Å²) in [5.41, 5.74) is 8.71. The molecule has 0 radical (unpaired) electrons. The molecule has 0 bridgehead atoms. The van der Waals surface area contributed by atoms with Crippen LogP contribution in [0.2, 0.25) is 0 Å². The molecule has 178 valence electrons. The third kappa shape index (κ3) is 3.17. The van der Waals surface area contributed by atoms with E-state index in [1.54, 1.807) is 20.3 Å². The van der Waals surface area contributed by atoms with Crippen LogP contribution in [0.25, 0.3) is 16.6 Å². The zero-order valence-corrected chi connectivity index (χ0v) is 18.7. The van der Waals surface area contributed by atoms with Crippen molar-refractivity contribution in [2.75, 3.05) is 18.4 Å². The summed E-state index contributed by atoms with van der Waals surface area (Å²) in [7, 11) is 1.83. The van der Waals surface area contributed by atoms with Crippen LogP contribution in [0.15, 0.2) is 30.9 Å². The number of fused-ring (bicyclic) bond motifs is 1. The number of nitrogens with two attached hydrogens (primary N) is 1. The number of aryl methyl sites for hydroxylation is 1. The van der Waals surface area contributed by atoms with Gasteiger partial charge in [0, 0.05) is 55.5 Å². The van der Waals surface area contributed by atoms with Gasteiger partial charge in [0.15, 0.2) is 0 Å². The van der Waals surface area contributed by atoms with Gasteiger partial charge in [0.25, 0.3) is 11.8 Å². The van der Waals surface area contributed by atoms with Crippen LogP contribution in [0.4, 0.5) is 14.5 Å². The molecule has 0 aromatic carbocycles. The first-order valence-corrected chi connectivity index (χ1v) is 11.4. The van der Waals surface area contributed by atoms with Gasteiger partial charge in [-0.3, -0.25) is 14.3 Å². The fourth-order valence-corrected chi connectivity index (χ4v) is 5.47. The zero-order chi connectivity index (χ0) is 23.8. The predicted molar refractivity (Wildman–Crippen MR) is 119 cm³/mol. The van der Waals surface area contributed by atoms with Crippen LogP contribution in [0.3, 0.4) is 0 Å². The van der Waals surface area contributed by atoms with Crippen LogP contribution in [-0.2, 0) is 11.8 Å². The molecule has 11 heteroatoms. The normalized spacial score (nSPS) is 24.4. The average molecular weight is 469 g/mol. The van der Waals surface area contributed by atoms with Crippen molar-refractivity contribution < 1.29 is 18.4 Å². The van der Waals surface area contributed by atoms with E-state index < -0.39 is 23.7 Å². The number of anilines is 1. The van der Waals surface area contributed by atoms with E-state index in [1.165, 1.54) is 6.20 Å². The number of carbonyl (C=O) groups is 2. The Morgan fingerprint density at radius 2 is 1.94 bits per heavy atom. The van der Waals surface area contributed by atoms with Gasteiger partial charge >= 0.3 is 0 Å². The van der Waals surface area contributed by atoms with Crippen LogP contribution in [-0.4, -0.2) is 61.2 Å². The van der Waals surface area contributed by atoms with E-state index >= 15 is 0 Å². The zero-order valence-electron chi connectivity index (χ0n) is 18.7. The molecule has 4 heterocycles. The second-order valence-corrected chi connectivity index (χ2v) is 9.91. The van der Waals surface area contributed by atoms with E-state index in [0.717, 1.165) is 30.4 Å². The van der Waals surface area contributed by atoms with Crippen LogP contribution in [0.1, 0.15) is 36.0 Å². The SMILES string of the molecule is Cn1cc(-c2cc3c(NC4CN(C(=O)C5CC5(F)F)CC45CCC5)c(C(N)=O)cnn3c2)cn1. The summed E-state index contributed by atoms with van der Waals surface area (Å²) in [6, 6.07) is 1.73. The summed E-state index contributed by atoms with van der Waals surface area (Å²) < 4.78 is 30.5. The van der Waals surface area contributed by atoms with E-state index in [1.807, 2.05) is 25.5 Å². The van der Waals surface area contributed by atoms with Crippen LogP contribution in [0.5, 0.6) is 0 Å². The molecule has 1 saturated heterocycles. The third-order valence-corrected chi connectivity index (χ3v) is 7.69. The number of halogens is 2. The summed E-state index contributed by atoms with van der Waals surface area (Å²) in [5, 5.41) is 12.1. The van der Waals surface area contributed by atoms with Gasteiger partial charge in [-0.15, -0.1) is 0 Å². The van der Waals surface area contributed by atoms with E-state index in [-0.39, 0.29) is 23.4 Å². The summed E-state index contributed by atoms with van der Waals surface area (Å²) >= 11 is 0. The van der Waals surface area contributed by atoms with Crippen molar-refractivity contribution in [1.82, 2.24) is 24.3 Å². The first kappa shape index (κ1) is 21.1. The number of amides is 2. The molecule has 1 spiro atoms. The number of carbonyl (C=O) groups excluding carboxylic acids is 2. The molecule has 3 N–H and O–H groups in total. The number of alkyl halides is 2. The minimum atomic E-state index is -2.89. The van der Waals surface area contributed by atoms with E-state index in [2.05, 4.69) is 15.5 Å². The predicted octanol–water partition coefficient (Wildman–Crippen LogP) is 2.28. The number of nitrogens with one attached hydrogen (secondary N) is 1. The topological polar surface area (TPSA) is 111 Å². The maximum atomic E-state index is 13.6. The highest BCUT2D eigenvalue weighted by Gasteiger charge is 2.64. The standard InChI is InChI=1S/C23H25F2N7O2/c1-30-9-14(7-27-30)13-5-17-19(15(20(26)33)8-28-32(17)10-13)29-18-11-31(12-22(18)3-2-4-22)21(34)16-6-23(16,24)25/h5,7-10,16,18,29H,2-4,6,11-12H2,1H3,(H2,26,33). The van der Waals surface area contributed by atoms with Crippen molar-refractivity contribution >= 4 is 23.0 Å². The molecule has 2 amide bonds. The molecule has 34 heavy (non-hydrogen) atoms.